The number of pyridine rings is 1. The van der Waals surface area contributed by atoms with Crippen molar-refractivity contribution in [2.75, 3.05) is 22.9 Å². The molecule has 1 aromatic carbocycles. The van der Waals surface area contributed by atoms with E-state index in [2.05, 4.69) is 28.4 Å². The Kier molecular flexibility index (Phi) is 6.86. The molecule has 2 aliphatic rings. The first-order chi connectivity index (χ1) is 15.8. The smallest absolute Gasteiger partial charge is 0.407 e. The molecule has 0 radical (unpaired) electrons. The van der Waals surface area contributed by atoms with Crippen LogP contribution in [0, 0.1) is 0 Å². The molecule has 176 valence electrons. The second-order valence-corrected chi connectivity index (χ2v) is 9.35. The summed E-state index contributed by atoms with van der Waals surface area (Å²) in [4.78, 5) is 33.6. The van der Waals surface area contributed by atoms with Crippen LogP contribution < -0.4 is 15.1 Å². The quantitative estimate of drug-likeness (QED) is 0.705. The van der Waals surface area contributed by atoms with Crippen molar-refractivity contribution < 1.29 is 14.3 Å². The van der Waals surface area contributed by atoms with Gasteiger partial charge in [0.05, 0.1) is 12.1 Å². The first kappa shape index (κ1) is 23.1. The van der Waals surface area contributed by atoms with E-state index < -0.39 is 6.09 Å². The average Bonchev–Trinajstić information content (AvgIpc) is 2.79. The molecular weight excluding hydrogens is 416 g/mol. The molecule has 3 heterocycles. The third kappa shape index (κ3) is 5.13. The highest BCUT2D eigenvalue weighted by atomic mass is 16.6. The van der Waals surface area contributed by atoms with Gasteiger partial charge in [-0.2, -0.15) is 0 Å². The number of amides is 2. The first-order valence-electron chi connectivity index (χ1n) is 12.0. The van der Waals surface area contributed by atoms with Gasteiger partial charge in [0.15, 0.2) is 0 Å². The average molecular weight is 451 g/mol. The molecule has 0 unspecified atom stereocenters. The monoisotopic (exact) mass is 450 g/mol. The van der Waals surface area contributed by atoms with Crippen LogP contribution in [0.1, 0.15) is 65.0 Å². The summed E-state index contributed by atoms with van der Waals surface area (Å²) in [5.41, 5.74) is 3.77. The Labute approximate surface area is 196 Å². The predicted octanol–water partition coefficient (Wildman–Crippen LogP) is 5.06. The van der Waals surface area contributed by atoms with Crippen molar-refractivity contribution in [3.8, 4) is 11.1 Å². The third-order valence-corrected chi connectivity index (χ3v) is 6.42. The Bertz CT molecular complexity index is 999. The third-order valence-electron chi connectivity index (χ3n) is 6.42. The lowest BCUT2D eigenvalue weighted by molar-refractivity contribution is -0.117. The minimum Gasteiger partial charge on any atom is -0.447 e. The summed E-state index contributed by atoms with van der Waals surface area (Å²) >= 11 is 0. The fourth-order valence-corrected chi connectivity index (χ4v) is 4.92. The number of carbonyl (C=O) groups is 2. The molecule has 2 aliphatic heterocycles. The number of nitrogens with zero attached hydrogens (tertiary/aromatic N) is 3. The molecule has 2 amide bonds. The first-order valence-corrected chi connectivity index (χ1v) is 12.0. The topological polar surface area (TPSA) is 74.8 Å². The van der Waals surface area contributed by atoms with Gasteiger partial charge in [-0.05, 0) is 81.8 Å². The highest BCUT2D eigenvalue weighted by Crippen LogP contribution is 2.39. The van der Waals surface area contributed by atoms with Gasteiger partial charge in [-0.1, -0.05) is 6.07 Å². The predicted molar refractivity (Wildman–Crippen MR) is 130 cm³/mol. The molecule has 4 rings (SSSR count). The largest absolute Gasteiger partial charge is 0.447 e. The molecule has 1 aromatic heterocycles. The fourth-order valence-electron chi connectivity index (χ4n) is 4.92. The molecule has 1 fully saturated rings. The minimum atomic E-state index is -0.442. The number of anilines is 2. The number of hydrogen-bond acceptors (Lipinski definition) is 5. The zero-order valence-electron chi connectivity index (χ0n) is 20.0. The van der Waals surface area contributed by atoms with Gasteiger partial charge >= 0.3 is 6.09 Å². The number of benzene rings is 1. The summed E-state index contributed by atoms with van der Waals surface area (Å²) in [5.74, 6) is 1.01. The number of piperidine rings is 1. The van der Waals surface area contributed by atoms with E-state index in [0.29, 0.717) is 6.42 Å². The van der Waals surface area contributed by atoms with Crippen LogP contribution in [0.3, 0.4) is 0 Å². The van der Waals surface area contributed by atoms with Gasteiger partial charge in [-0.25, -0.2) is 9.78 Å². The van der Waals surface area contributed by atoms with Crippen molar-refractivity contribution in [1.29, 1.82) is 0 Å². The lowest BCUT2D eigenvalue weighted by Gasteiger charge is -2.39. The van der Waals surface area contributed by atoms with E-state index in [1.807, 2.05) is 44.0 Å². The Balaban J connectivity index is 1.64. The van der Waals surface area contributed by atoms with Crippen LogP contribution in [0.5, 0.6) is 0 Å². The Morgan fingerprint density at radius 3 is 2.45 bits per heavy atom. The molecule has 0 bridgehead atoms. The molecule has 0 spiro atoms. The van der Waals surface area contributed by atoms with Crippen molar-refractivity contribution in [1.82, 2.24) is 10.3 Å². The normalized spacial score (nSPS) is 20.4. The van der Waals surface area contributed by atoms with Crippen molar-refractivity contribution >= 4 is 23.5 Å². The summed E-state index contributed by atoms with van der Waals surface area (Å²) in [5, 5.41) is 3.01. The van der Waals surface area contributed by atoms with E-state index in [4.69, 9.17) is 9.72 Å². The molecule has 2 aromatic rings. The van der Waals surface area contributed by atoms with Gasteiger partial charge < -0.3 is 19.9 Å². The highest BCUT2D eigenvalue weighted by Gasteiger charge is 2.33. The summed E-state index contributed by atoms with van der Waals surface area (Å²) in [7, 11) is 0. The van der Waals surface area contributed by atoms with E-state index in [-0.39, 0.29) is 24.1 Å². The van der Waals surface area contributed by atoms with E-state index in [1.165, 1.54) is 19.3 Å². The van der Waals surface area contributed by atoms with Gasteiger partial charge in [0.1, 0.15) is 5.82 Å². The van der Waals surface area contributed by atoms with Crippen LogP contribution in [0.15, 0.2) is 36.5 Å². The van der Waals surface area contributed by atoms with Crippen molar-refractivity contribution in [3.63, 3.8) is 0 Å². The van der Waals surface area contributed by atoms with Gasteiger partial charge in [0, 0.05) is 43.5 Å². The van der Waals surface area contributed by atoms with Crippen molar-refractivity contribution in [2.24, 2.45) is 0 Å². The van der Waals surface area contributed by atoms with Crippen molar-refractivity contribution in [3.05, 3.63) is 42.1 Å². The van der Waals surface area contributed by atoms with Gasteiger partial charge in [-0.3, -0.25) is 4.79 Å². The summed E-state index contributed by atoms with van der Waals surface area (Å²) < 4.78 is 5.32. The van der Waals surface area contributed by atoms with Crippen LogP contribution in [-0.4, -0.2) is 42.2 Å². The van der Waals surface area contributed by atoms with Gasteiger partial charge in [0.2, 0.25) is 5.91 Å². The molecule has 33 heavy (non-hydrogen) atoms. The molecule has 0 saturated carbocycles. The molecule has 0 aliphatic carbocycles. The molecule has 7 nitrogen and oxygen atoms in total. The number of aromatic nitrogens is 1. The molecule has 1 saturated heterocycles. The summed E-state index contributed by atoms with van der Waals surface area (Å²) in [6, 6.07) is 9.97. The van der Waals surface area contributed by atoms with Crippen LogP contribution in [0.4, 0.5) is 16.3 Å². The lowest BCUT2D eigenvalue weighted by Crippen LogP contribution is -2.45. The van der Waals surface area contributed by atoms with Crippen LogP contribution in [0.25, 0.3) is 11.1 Å². The maximum Gasteiger partial charge on any atom is 0.407 e. The number of hydrogen-bond donors (Lipinski definition) is 1. The summed E-state index contributed by atoms with van der Waals surface area (Å²) in [6.07, 6.45) is 5.61. The van der Waals surface area contributed by atoms with Crippen LogP contribution >= 0.6 is 0 Å². The number of rotatable bonds is 4. The number of nitrogens with one attached hydrogen (secondary N) is 1. The maximum absolute atomic E-state index is 12.4. The number of ether oxygens (including phenoxy) is 1. The zero-order chi connectivity index (χ0) is 23.5. The summed E-state index contributed by atoms with van der Waals surface area (Å²) in [6.45, 7) is 9.36. The Morgan fingerprint density at radius 1 is 1.09 bits per heavy atom. The maximum atomic E-state index is 12.4. The van der Waals surface area contributed by atoms with Crippen molar-refractivity contribution in [2.45, 2.75) is 71.6 Å². The van der Waals surface area contributed by atoms with E-state index >= 15 is 0 Å². The van der Waals surface area contributed by atoms with E-state index in [1.54, 1.807) is 6.92 Å². The SMILES string of the molecule is CC(=O)N1c2ccc(-c3ccc(N4CCCCC4)nc3)cc2[C@H](NC(=O)OC(C)C)C[C@@H]1C. The molecular formula is C26H34N4O3. The zero-order valence-corrected chi connectivity index (χ0v) is 20.0. The standard InChI is InChI=1S/C26H34N4O3/c1-17(2)33-26(32)28-23-14-18(3)30(19(4)31)24-10-8-20(15-22(23)24)21-9-11-25(27-16-21)29-12-6-5-7-13-29/h8-11,15-18,23H,5-7,12-14H2,1-4H3,(H,28,32)/t18-,23+/m0/s1. The highest BCUT2D eigenvalue weighted by molar-refractivity contribution is 5.94. The van der Waals surface area contributed by atoms with Gasteiger partial charge in [-0.15, -0.1) is 0 Å². The molecule has 1 N–H and O–H groups in total. The van der Waals surface area contributed by atoms with E-state index in [0.717, 1.165) is 41.3 Å². The number of fused-ring (bicyclic) bond motifs is 1. The second kappa shape index (κ2) is 9.81. The lowest BCUT2D eigenvalue weighted by atomic mass is 9.89. The van der Waals surface area contributed by atoms with E-state index in [9.17, 15) is 9.59 Å². The number of carbonyl (C=O) groups excluding carboxylic acids is 2. The fraction of sp³-hybridized carbons (Fsp3) is 0.500. The Hall–Kier alpha value is -3.09. The van der Waals surface area contributed by atoms with Gasteiger partial charge in [0.25, 0.3) is 0 Å². The second-order valence-electron chi connectivity index (χ2n) is 9.35. The Morgan fingerprint density at radius 2 is 1.82 bits per heavy atom. The molecule has 7 heteroatoms. The molecule has 2 atom stereocenters. The van der Waals surface area contributed by atoms with Crippen LogP contribution in [-0.2, 0) is 9.53 Å². The number of alkyl carbamates (subject to hydrolysis) is 1. The minimum absolute atomic E-state index is 0.00717. The van der Waals surface area contributed by atoms with Crippen LogP contribution in [0.2, 0.25) is 0 Å².